The van der Waals surface area contributed by atoms with Crippen LogP contribution >= 0.6 is 0 Å². The number of fused-ring (bicyclic) bond motifs is 3. The number of nitrogens with zero attached hydrogens (tertiary/aromatic N) is 1. The number of aliphatic hydroxyl groups is 2. The molecular formula is C36H42N2O13. The Kier molecular flexibility index (Phi) is 8.96. The fourth-order valence-corrected chi connectivity index (χ4v) is 7.96. The van der Waals surface area contributed by atoms with Gasteiger partial charge in [0.1, 0.15) is 34.9 Å². The zero-order chi connectivity index (χ0) is 37.4. The monoisotopic (exact) mass is 710 g/mol. The van der Waals surface area contributed by atoms with Crippen LogP contribution in [0.3, 0.4) is 0 Å². The van der Waals surface area contributed by atoms with Crippen LogP contribution in [0.4, 0.5) is 0 Å². The molecule has 2 aromatic carbocycles. The van der Waals surface area contributed by atoms with E-state index in [4.69, 9.17) is 24.7 Å². The number of Topliss-reactive ketones (excluding diaryl/α,β-unsaturated/α-hetero) is 1. The standard InChI is InChI=1S/C36H42N2O13/c1-34(2)10-16(11-35(3,4)38(34)47)33(45)50-15-23(40)36(46)12-18-26(22(13-36)51-24-9-19(37)20(39)14-49-24)32(44)28-27(30(18)42)29(41)17-7-6-8-21(48-5)25(17)31(28)43/h6-8,14,16,19,22,24,39,42,44,46-47H,9-13,15,37H2,1-5H3/t19?,22-,24?,36-/m0/s1. The first kappa shape index (κ1) is 36.3. The third kappa shape index (κ3) is 6.02. The van der Waals surface area contributed by atoms with Gasteiger partial charge in [0.15, 0.2) is 12.4 Å². The van der Waals surface area contributed by atoms with E-state index in [0.29, 0.717) is 0 Å². The number of ether oxygens (including phenoxy) is 4. The highest BCUT2D eigenvalue weighted by Gasteiger charge is 2.51. The minimum absolute atomic E-state index is 0.0701. The SMILES string of the molecule is COc1cccc2c1C(=O)c1c(O)c3c(c(O)c1C2=O)C[C@@](O)(C(=O)COC(=O)C1CC(C)(C)N(O)C(C)(C)C1)C[C@@H]3OC1CC(N)C(O)=CO1. The Morgan fingerprint density at radius 1 is 0.980 bits per heavy atom. The van der Waals surface area contributed by atoms with E-state index in [-0.39, 0.29) is 53.0 Å². The van der Waals surface area contributed by atoms with Crippen LogP contribution in [-0.2, 0) is 30.2 Å². The number of hydroxylamine groups is 2. The molecule has 6 rings (SSSR count). The van der Waals surface area contributed by atoms with Crippen LogP contribution in [0.2, 0.25) is 0 Å². The number of piperidine rings is 1. The highest BCUT2D eigenvalue weighted by molar-refractivity contribution is 6.31. The fraction of sp³-hybridized carbons (Fsp3) is 0.500. The van der Waals surface area contributed by atoms with Crippen molar-refractivity contribution >= 4 is 23.3 Å². The molecule has 7 N–H and O–H groups in total. The van der Waals surface area contributed by atoms with Gasteiger partial charge in [-0.1, -0.05) is 12.1 Å². The van der Waals surface area contributed by atoms with Crippen molar-refractivity contribution in [1.29, 1.82) is 0 Å². The summed E-state index contributed by atoms with van der Waals surface area (Å²) >= 11 is 0. The molecule has 15 nitrogen and oxygen atoms in total. The molecule has 1 saturated heterocycles. The number of hydrogen-bond donors (Lipinski definition) is 6. The minimum atomic E-state index is -2.37. The van der Waals surface area contributed by atoms with Crippen molar-refractivity contribution < 1.29 is 63.8 Å². The second kappa shape index (κ2) is 12.6. The number of carbonyl (C=O) groups is 4. The molecule has 0 spiro atoms. The first-order valence-corrected chi connectivity index (χ1v) is 16.6. The molecule has 2 unspecified atom stereocenters. The Balaban J connectivity index is 1.36. The van der Waals surface area contributed by atoms with Gasteiger partial charge in [0.25, 0.3) is 0 Å². The summed E-state index contributed by atoms with van der Waals surface area (Å²) in [5, 5.41) is 57.1. The van der Waals surface area contributed by atoms with Gasteiger partial charge in [-0.15, -0.1) is 0 Å². The van der Waals surface area contributed by atoms with Gasteiger partial charge in [0.2, 0.25) is 17.9 Å². The number of hydrogen-bond acceptors (Lipinski definition) is 15. The second-order valence-electron chi connectivity index (χ2n) is 14.9. The molecule has 274 valence electrons. The van der Waals surface area contributed by atoms with E-state index in [1.165, 1.54) is 30.4 Å². The largest absolute Gasteiger partial charge is 0.507 e. The molecular weight excluding hydrogens is 668 g/mol. The van der Waals surface area contributed by atoms with Gasteiger partial charge >= 0.3 is 5.97 Å². The van der Waals surface area contributed by atoms with E-state index in [1.807, 2.05) is 0 Å². The molecule has 2 aromatic rings. The molecule has 2 heterocycles. The van der Waals surface area contributed by atoms with Crippen LogP contribution in [0, 0.1) is 5.92 Å². The minimum Gasteiger partial charge on any atom is -0.507 e. The lowest BCUT2D eigenvalue weighted by Crippen LogP contribution is -2.60. The van der Waals surface area contributed by atoms with E-state index >= 15 is 0 Å². The number of phenols is 2. The number of phenolic OH excluding ortho intramolecular Hbond substituents is 2. The van der Waals surface area contributed by atoms with Gasteiger partial charge in [-0.3, -0.25) is 19.2 Å². The van der Waals surface area contributed by atoms with Gasteiger partial charge < -0.3 is 50.3 Å². The Bertz CT molecular complexity index is 1850. The molecule has 2 aliphatic heterocycles. The number of methoxy groups -OCH3 is 1. The lowest BCUT2D eigenvalue weighted by molar-refractivity contribution is -0.251. The first-order valence-electron chi connectivity index (χ1n) is 16.6. The topological polar surface area (TPSA) is 236 Å². The number of rotatable bonds is 7. The Morgan fingerprint density at radius 3 is 2.25 bits per heavy atom. The maximum Gasteiger partial charge on any atom is 0.309 e. The van der Waals surface area contributed by atoms with Crippen LogP contribution in [0.1, 0.15) is 102 Å². The average molecular weight is 711 g/mol. The lowest BCUT2D eigenvalue weighted by Gasteiger charge is -2.50. The Labute approximate surface area is 293 Å². The number of benzene rings is 2. The summed E-state index contributed by atoms with van der Waals surface area (Å²) < 4.78 is 22.3. The molecule has 2 aliphatic carbocycles. The third-order valence-electron chi connectivity index (χ3n) is 10.4. The molecule has 1 fully saturated rings. The van der Waals surface area contributed by atoms with Gasteiger partial charge in [-0.05, 0) is 46.6 Å². The molecule has 51 heavy (non-hydrogen) atoms. The summed E-state index contributed by atoms with van der Waals surface area (Å²) in [6.07, 6.45) is -2.47. The van der Waals surface area contributed by atoms with Crippen LogP contribution in [0.5, 0.6) is 17.2 Å². The van der Waals surface area contributed by atoms with Crippen molar-refractivity contribution in [3.8, 4) is 17.2 Å². The van der Waals surface area contributed by atoms with Crippen molar-refractivity contribution in [3.63, 3.8) is 0 Å². The zero-order valence-corrected chi connectivity index (χ0v) is 28.9. The van der Waals surface area contributed by atoms with Crippen molar-refractivity contribution in [2.24, 2.45) is 11.7 Å². The molecule has 0 amide bonds. The lowest BCUT2D eigenvalue weighted by atomic mass is 9.72. The predicted octanol–water partition coefficient (Wildman–Crippen LogP) is 2.86. The van der Waals surface area contributed by atoms with E-state index < -0.39 is 106 Å². The van der Waals surface area contributed by atoms with Gasteiger partial charge in [-0.2, -0.15) is 5.06 Å². The number of aliphatic hydroxyl groups excluding tert-OH is 1. The summed E-state index contributed by atoms with van der Waals surface area (Å²) in [7, 11) is 1.31. The molecule has 15 heteroatoms. The van der Waals surface area contributed by atoms with Gasteiger partial charge in [-0.25, -0.2) is 0 Å². The highest BCUT2D eigenvalue weighted by atomic mass is 16.7. The summed E-state index contributed by atoms with van der Waals surface area (Å²) in [5.74, 6) is -5.58. The first-order chi connectivity index (χ1) is 23.8. The van der Waals surface area contributed by atoms with Crippen molar-refractivity contribution in [1.82, 2.24) is 5.06 Å². The molecule has 0 bridgehead atoms. The van der Waals surface area contributed by atoms with Crippen molar-refractivity contribution in [3.05, 3.63) is 63.6 Å². The average Bonchev–Trinajstić information content (AvgIpc) is 3.07. The van der Waals surface area contributed by atoms with Crippen molar-refractivity contribution in [2.45, 2.75) is 94.9 Å². The number of esters is 1. The Morgan fingerprint density at radius 2 is 1.63 bits per heavy atom. The number of ketones is 3. The highest BCUT2D eigenvalue weighted by Crippen LogP contribution is 2.52. The van der Waals surface area contributed by atoms with Crippen molar-refractivity contribution in [2.75, 3.05) is 13.7 Å². The van der Waals surface area contributed by atoms with E-state index in [2.05, 4.69) is 0 Å². The fourth-order valence-electron chi connectivity index (χ4n) is 7.96. The number of nitrogens with two attached hydrogens (primary N) is 1. The predicted molar refractivity (Wildman–Crippen MR) is 175 cm³/mol. The maximum atomic E-state index is 13.9. The molecule has 0 aromatic heterocycles. The maximum absolute atomic E-state index is 13.9. The molecule has 0 radical (unpaired) electrons. The smallest absolute Gasteiger partial charge is 0.309 e. The van der Waals surface area contributed by atoms with Crippen LogP contribution in [0.15, 0.2) is 30.2 Å². The number of carbonyl (C=O) groups excluding carboxylic acids is 4. The Hall–Kier alpha value is -4.54. The third-order valence-corrected chi connectivity index (χ3v) is 10.4. The normalized spacial score (nSPS) is 27.0. The van der Waals surface area contributed by atoms with Crippen LogP contribution < -0.4 is 10.5 Å². The molecule has 4 aliphatic rings. The summed E-state index contributed by atoms with van der Waals surface area (Å²) in [6, 6.07) is 3.43. The van der Waals surface area contributed by atoms with E-state index in [1.54, 1.807) is 27.7 Å². The van der Waals surface area contributed by atoms with Gasteiger partial charge in [0.05, 0.1) is 41.9 Å². The summed E-state index contributed by atoms with van der Waals surface area (Å²) in [6.45, 7) is 6.23. The van der Waals surface area contributed by atoms with Gasteiger partial charge in [0, 0.05) is 47.0 Å². The van der Waals surface area contributed by atoms with E-state index in [9.17, 15) is 44.8 Å². The summed E-state index contributed by atoms with van der Waals surface area (Å²) in [5.41, 5.74) is 0.392. The van der Waals surface area contributed by atoms with Crippen LogP contribution in [0.25, 0.3) is 0 Å². The number of aromatic hydroxyl groups is 2. The second-order valence-corrected chi connectivity index (χ2v) is 14.9. The van der Waals surface area contributed by atoms with Crippen LogP contribution in [-0.4, -0.2) is 96.7 Å². The molecule has 0 saturated carbocycles. The van der Waals surface area contributed by atoms with E-state index in [0.717, 1.165) is 6.26 Å². The quantitative estimate of drug-likeness (QED) is 0.153. The molecule has 4 atom stereocenters. The summed E-state index contributed by atoms with van der Waals surface area (Å²) in [4.78, 5) is 54.7. The zero-order valence-electron chi connectivity index (χ0n) is 28.9.